The fraction of sp³-hybridized carbons (Fsp3) is 0.714. The second-order valence-electron chi connectivity index (χ2n) is 2.18. The Morgan fingerprint density at radius 3 is 2.27 bits per heavy atom. The minimum atomic E-state index is -1.08. The van der Waals surface area contributed by atoms with Gasteiger partial charge in [-0.25, -0.2) is 4.79 Å². The Morgan fingerprint density at radius 2 is 2.00 bits per heavy atom. The van der Waals surface area contributed by atoms with Crippen molar-refractivity contribution in [3.8, 4) is 0 Å². The third kappa shape index (κ3) is 2.65. The summed E-state index contributed by atoms with van der Waals surface area (Å²) < 4.78 is 11.3. The van der Waals surface area contributed by atoms with Gasteiger partial charge in [-0.15, -0.1) is 0 Å². The van der Waals surface area contributed by atoms with Gasteiger partial charge in [-0.3, -0.25) is 9.74 Å². The number of ketones is 1. The van der Waals surface area contributed by atoms with Gasteiger partial charge < -0.3 is 0 Å². The highest BCUT2D eigenvalue weighted by Crippen LogP contribution is 2.08. The van der Waals surface area contributed by atoms with Crippen molar-refractivity contribution >= 4 is 11.8 Å². The summed E-state index contributed by atoms with van der Waals surface area (Å²) in [7, 11) is 0. The van der Waals surface area contributed by atoms with Crippen LogP contribution in [-0.2, 0) is 14.5 Å². The fourth-order valence-electron chi connectivity index (χ4n) is 0.826. The number of carbonyl (C=O) groups excluding carboxylic acids is 2. The first-order valence-corrected chi connectivity index (χ1v) is 3.52. The zero-order valence-corrected chi connectivity index (χ0v) is 6.59. The molecule has 0 heterocycles. The molecule has 0 fully saturated rings. The van der Waals surface area contributed by atoms with Crippen molar-refractivity contribution < 1.29 is 19.1 Å². The molecule has 0 spiro atoms. The van der Waals surface area contributed by atoms with Gasteiger partial charge in [0.15, 0.2) is 0 Å². The van der Waals surface area contributed by atoms with Gasteiger partial charge in [0.25, 0.3) is 0 Å². The fourth-order valence-corrected chi connectivity index (χ4v) is 0.826. The highest BCUT2D eigenvalue weighted by atomic mass is 19.3. The molecule has 1 unspecified atom stereocenters. The van der Waals surface area contributed by atoms with Crippen LogP contribution < -0.4 is 0 Å². The van der Waals surface area contributed by atoms with Crippen LogP contribution in [0.5, 0.6) is 0 Å². The number of hydrogen-bond donors (Lipinski definition) is 0. The maximum atomic E-state index is 11.3. The van der Waals surface area contributed by atoms with Crippen LogP contribution in [0, 0.1) is 5.92 Å². The van der Waals surface area contributed by atoms with E-state index >= 15 is 0 Å². The zero-order valence-electron chi connectivity index (χ0n) is 6.59. The quantitative estimate of drug-likeness (QED) is 0.587. The van der Waals surface area contributed by atoms with Crippen LogP contribution in [-0.4, -0.2) is 11.8 Å². The summed E-state index contributed by atoms with van der Waals surface area (Å²) in [5.74, 6) is -2.29. The van der Waals surface area contributed by atoms with Gasteiger partial charge in [-0.05, 0) is 6.42 Å². The van der Waals surface area contributed by atoms with E-state index in [-0.39, 0.29) is 18.6 Å². The van der Waals surface area contributed by atoms with Gasteiger partial charge in [-0.2, -0.15) is 0 Å². The molecule has 0 N–H and O–H groups in total. The minimum Gasteiger partial charge on any atom is -0.299 e. The number of halogens is 1. The van der Waals surface area contributed by atoms with Gasteiger partial charge in [0.1, 0.15) is 11.7 Å². The normalized spacial score (nSPS) is 12.3. The lowest BCUT2D eigenvalue weighted by molar-refractivity contribution is -0.189. The molecule has 0 aliphatic heterocycles. The van der Waals surface area contributed by atoms with E-state index < -0.39 is 11.9 Å². The van der Waals surface area contributed by atoms with Gasteiger partial charge in [0.05, 0.1) is 0 Å². The van der Waals surface area contributed by atoms with Gasteiger partial charge in [-0.1, -0.05) is 13.8 Å². The summed E-state index contributed by atoms with van der Waals surface area (Å²) in [4.78, 5) is 24.4. The van der Waals surface area contributed by atoms with Crippen LogP contribution in [0.2, 0.25) is 0 Å². The maximum absolute atomic E-state index is 11.3. The molecule has 0 amide bonds. The van der Waals surface area contributed by atoms with Crippen molar-refractivity contribution in [1.29, 1.82) is 0 Å². The van der Waals surface area contributed by atoms with Gasteiger partial charge in [0, 0.05) is 10.9 Å². The highest BCUT2D eigenvalue weighted by Gasteiger charge is 2.25. The molecule has 0 saturated heterocycles. The number of hydrogen-bond acceptors (Lipinski definition) is 3. The molecule has 0 radical (unpaired) electrons. The summed E-state index contributed by atoms with van der Waals surface area (Å²) in [6.45, 7) is 3.26. The molecule has 1 atom stereocenters. The van der Waals surface area contributed by atoms with Gasteiger partial charge in [0.2, 0.25) is 0 Å². The Morgan fingerprint density at radius 1 is 1.45 bits per heavy atom. The molecule has 64 valence electrons. The lowest BCUT2D eigenvalue weighted by Crippen LogP contribution is -2.22. The van der Waals surface area contributed by atoms with Crippen LogP contribution in [0.15, 0.2) is 0 Å². The molecule has 0 bridgehead atoms. The van der Waals surface area contributed by atoms with Crippen molar-refractivity contribution in [2.24, 2.45) is 5.92 Å². The molecule has 4 heteroatoms. The average molecular weight is 162 g/mol. The smallest absolute Gasteiger partial charge is 0.299 e. The Labute approximate surface area is 64.4 Å². The first kappa shape index (κ1) is 10.1. The van der Waals surface area contributed by atoms with E-state index in [1.54, 1.807) is 13.8 Å². The van der Waals surface area contributed by atoms with Gasteiger partial charge >= 0.3 is 5.97 Å². The third-order valence-corrected chi connectivity index (χ3v) is 1.51. The second-order valence-corrected chi connectivity index (χ2v) is 2.18. The largest absolute Gasteiger partial charge is 0.359 e. The molecule has 0 aliphatic carbocycles. The third-order valence-electron chi connectivity index (χ3n) is 1.51. The van der Waals surface area contributed by atoms with Crippen LogP contribution in [0.4, 0.5) is 4.53 Å². The number of rotatable bonds is 4. The SMILES string of the molecule is CCC(=O)C(CC)C(=O)OF. The van der Waals surface area contributed by atoms with Crippen molar-refractivity contribution in [2.45, 2.75) is 26.7 Å². The number of carbonyl (C=O) groups is 2. The Bertz CT molecular complexity index is 140. The van der Waals surface area contributed by atoms with Crippen LogP contribution >= 0.6 is 0 Å². The predicted molar refractivity (Wildman–Crippen MR) is 36.3 cm³/mol. The van der Waals surface area contributed by atoms with Crippen molar-refractivity contribution in [3.05, 3.63) is 0 Å². The lowest BCUT2D eigenvalue weighted by atomic mass is 10.00. The summed E-state index contributed by atoms with van der Waals surface area (Å²) in [6, 6.07) is 0. The summed E-state index contributed by atoms with van der Waals surface area (Å²) >= 11 is 0. The molecule has 0 saturated carbocycles. The lowest BCUT2D eigenvalue weighted by Gasteiger charge is -2.05. The second kappa shape index (κ2) is 4.82. The molecule has 0 aromatic heterocycles. The average Bonchev–Trinajstić information content (AvgIpc) is 2.05. The maximum Gasteiger partial charge on any atom is 0.359 e. The predicted octanol–water partition coefficient (Wildman–Crippen LogP) is 1.42. The molecule has 11 heavy (non-hydrogen) atoms. The molecular weight excluding hydrogens is 151 g/mol. The highest BCUT2D eigenvalue weighted by molar-refractivity contribution is 5.98. The molecule has 0 aromatic carbocycles. The Balaban J connectivity index is 4.15. The zero-order chi connectivity index (χ0) is 8.85. The van der Waals surface area contributed by atoms with E-state index in [2.05, 4.69) is 4.94 Å². The number of Topliss-reactive ketones (excluding diaryl/α,β-unsaturated/α-hetero) is 1. The molecule has 3 nitrogen and oxygen atoms in total. The van der Waals surface area contributed by atoms with Crippen molar-refractivity contribution in [1.82, 2.24) is 0 Å². The van der Waals surface area contributed by atoms with Crippen LogP contribution in [0.1, 0.15) is 26.7 Å². The van der Waals surface area contributed by atoms with Crippen molar-refractivity contribution in [3.63, 3.8) is 0 Å². The summed E-state index contributed by atoms with van der Waals surface area (Å²) in [5, 5.41) is 0. The van der Waals surface area contributed by atoms with Crippen molar-refractivity contribution in [2.75, 3.05) is 0 Å². The monoisotopic (exact) mass is 162 g/mol. The summed E-state index contributed by atoms with van der Waals surface area (Å²) in [5.41, 5.74) is 0. The standard InChI is InChI=1S/C7H11FO3/c1-3-5(6(9)4-2)7(10)11-8/h5H,3-4H2,1-2H3. The van der Waals surface area contributed by atoms with E-state index in [0.717, 1.165) is 0 Å². The van der Waals surface area contributed by atoms with E-state index in [4.69, 9.17) is 0 Å². The first-order valence-electron chi connectivity index (χ1n) is 3.52. The van der Waals surface area contributed by atoms with Crippen LogP contribution in [0.25, 0.3) is 0 Å². The van der Waals surface area contributed by atoms with E-state index in [9.17, 15) is 14.1 Å². The topological polar surface area (TPSA) is 43.4 Å². The molecular formula is C7H11FO3. The Kier molecular flexibility index (Phi) is 4.41. The van der Waals surface area contributed by atoms with E-state index in [0.29, 0.717) is 0 Å². The molecule has 0 aliphatic rings. The van der Waals surface area contributed by atoms with E-state index in [1.165, 1.54) is 0 Å². The minimum absolute atomic E-state index is 0.230. The Hall–Kier alpha value is -0.930. The molecule has 0 aromatic rings. The molecule has 0 rings (SSSR count). The van der Waals surface area contributed by atoms with Crippen LogP contribution in [0.3, 0.4) is 0 Å². The van der Waals surface area contributed by atoms with E-state index in [1.807, 2.05) is 0 Å². The summed E-state index contributed by atoms with van der Waals surface area (Å²) in [6.07, 6.45) is 0.517. The first-order chi connectivity index (χ1) is 5.17.